The van der Waals surface area contributed by atoms with E-state index in [2.05, 4.69) is 23.6 Å². The van der Waals surface area contributed by atoms with E-state index in [0.717, 1.165) is 25.7 Å². The number of hydrogen-bond acceptors (Lipinski definition) is 5. The van der Waals surface area contributed by atoms with Gasteiger partial charge in [0.15, 0.2) is 0 Å². The maximum atomic E-state index is 11.7. The highest BCUT2D eigenvalue weighted by molar-refractivity contribution is 6.01. The molecule has 2 aliphatic carbocycles. The summed E-state index contributed by atoms with van der Waals surface area (Å²) in [5.74, 6) is 0.498. The van der Waals surface area contributed by atoms with Crippen molar-refractivity contribution in [3.8, 4) is 0 Å². The first-order valence-corrected chi connectivity index (χ1v) is 7.67. The van der Waals surface area contributed by atoms with Crippen LogP contribution in [0.25, 0.3) is 0 Å². The van der Waals surface area contributed by atoms with Gasteiger partial charge in [0.1, 0.15) is 5.76 Å². The van der Waals surface area contributed by atoms with Gasteiger partial charge in [0, 0.05) is 18.8 Å². The number of nitrogens with zero attached hydrogens (tertiary/aromatic N) is 1. The molecule has 1 saturated heterocycles. The molecule has 1 unspecified atom stereocenters. The van der Waals surface area contributed by atoms with Gasteiger partial charge in [0.25, 0.3) is 11.8 Å². The Morgan fingerprint density at radius 3 is 2.18 bits per heavy atom. The molecular weight excluding hydrogens is 286 g/mol. The molecule has 0 N–H and O–H groups in total. The molecular formula is C16H19NO5. The number of fused-ring (bicyclic) bond motifs is 1. The Kier molecular flexibility index (Phi) is 4.00. The van der Waals surface area contributed by atoms with Crippen LogP contribution in [0.5, 0.6) is 0 Å². The second-order valence-electron chi connectivity index (χ2n) is 5.97. The van der Waals surface area contributed by atoms with Crippen LogP contribution in [0.1, 0.15) is 38.5 Å². The SMILES string of the molecule is C=C(OC(=O)ON1C(=O)CCC1=O)C1[C@H]2CCC=CCC[C@@H]12. The summed E-state index contributed by atoms with van der Waals surface area (Å²) in [4.78, 5) is 39.2. The van der Waals surface area contributed by atoms with E-state index < -0.39 is 18.0 Å². The number of allylic oxidation sites excluding steroid dienone is 3. The van der Waals surface area contributed by atoms with Crippen LogP contribution in [0, 0.1) is 17.8 Å². The molecule has 3 atom stereocenters. The van der Waals surface area contributed by atoms with Crippen LogP contribution in [0.15, 0.2) is 24.5 Å². The highest BCUT2D eigenvalue weighted by atomic mass is 16.8. The zero-order chi connectivity index (χ0) is 15.7. The van der Waals surface area contributed by atoms with Crippen LogP contribution >= 0.6 is 0 Å². The van der Waals surface area contributed by atoms with Crippen molar-refractivity contribution in [1.82, 2.24) is 5.06 Å². The van der Waals surface area contributed by atoms with Crippen molar-refractivity contribution in [1.29, 1.82) is 0 Å². The second-order valence-corrected chi connectivity index (χ2v) is 5.97. The number of rotatable bonds is 3. The van der Waals surface area contributed by atoms with Crippen LogP contribution in [-0.4, -0.2) is 23.0 Å². The topological polar surface area (TPSA) is 72.9 Å². The second kappa shape index (κ2) is 5.94. The Balaban J connectivity index is 1.51. The van der Waals surface area contributed by atoms with Gasteiger partial charge in [-0.2, -0.15) is 0 Å². The fourth-order valence-corrected chi connectivity index (χ4v) is 3.45. The molecule has 1 saturated carbocycles. The molecule has 0 aromatic rings. The van der Waals surface area contributed by atoms with Gasteiger partial charge < -0.3 is 4.74 Å². The molecule has 2 fully saturated rings. The van der Waals surface area contributed by atoms with E-state index >= 15 is 0 Å². The minimum Gasteiger partial charge on any atom is -0.398 e. The maximum Gasteiger partial charge on any atom is 0.539 e. The van der Waals surface area contributed by atoms with Gasteiger partial charge in [-0.3, -0.25) is 14.4 Å². The van der Waals surface area contributed by atoms with Crippen molar-refractivity contribution >= 4 is 18.0 Å². The molecule has 6 nitrogen and oxygen atoms in total. The fraction of sp³-hybridized carbons (Fsp3) is 0.562. The maximum absolute atomic E-state index is 11.7. The van der Waals surface area contributed by atoms with Crippen molar-refractivity contribution in [2.45, 2.75) is 38.5 Å². The van der Waals surface area contributed by atoms with Crippen molar-refractivity contribution in [2.75, 3.05) is 0 Å². The molecule has 0 radical (unpaired) electrons. The number of amides is 2. The molecule has 6 heteroatoms. The Labute approximate surface area is 128 Å². The fourth-order valence-electron chi connectivity index (χ4n) is 3.45. The molecule has 118 valence electrons. The van der Waals surface area contributed by atoms with Gasteiger partial charge >= 0.3 is 6.16 Å². The minimum absolute atomic E-state index is 0.0623. The molecule has 0 spiro atoms. The van der Waals surface area contributed by atoms with E-state index in [1.54, 1.807) is 0 Å². The summed E-state index contributed by atoms with van der Waals surface area (Å²) in [6.07, 6.45) is 7.63. The molecule has 0 aromatic carbocycles. The molecule has 1 aliphatic heterocycles. The lowest BCUT2D eigenvalue weighted by atomic mass is 10.1. The summed E-state index contributed by atoms with van der Waals surface area (Å²) < 4.78 is 5.08. The first-order valence-electron chi connectivity index (χ1n) is 7.67. The summed E-state index contributed by atoms with van der Waals surface area (Å²) >= 11 is 0. The predicted octanol–water partition coefficient (Wildman–Crippen LogP) is 2.71. The van der Waals surface area contributed by atoms with Crippen LogP contribution in [-0.2, 0) is 19.2 Å². The summed E-state index contributed by atoms with van der Waals surface area (Å²) in [6, 6.07) is 0. The van der Waals surface area contributed by atoms with Gasteiger partial charge in [0.2, 0.25) is 0 Å². The minimum atomic E-state index is -1.06. The first kappa shape index (κ1) is 14.8. The Morgan fingerprint density at radius 2 is 1.64 bits per heavy atom. The average molecular weight is 305 g/mol. The Bertz CT molecular complexity index is 521. The van der Waals surface area contributed by atoms with Gasteiger partial charge in [-0.15, -0.1) is 0 Å². The van der Waals surface area contributed by atoms with Crippen molar-refractivity contribution in [3.05, 3.63) is 24.5 Å². The highest BCUT2D eigenvalue weighted by Gasteiger charge is 2.51. The molecule has 2 amide bonds. The smallest absolute Gasteiger partial charge is 0.398 e. The van der Waals surface area contributed by atoms with E-state index in [0.29, 0.717) is 22.7 Å². The zero-order valence-electron chi connectivity index (χ0n) is 12.3. The monoisotopic (exact) mass is 305 g/mol. The number of ether oxygens (including phenoxy) is 1. The third-order valence-electron chi connectivity index (χ3n) is 4.59. The van der Waals surface area contributed by atoms with Crippen molar-refractivity contribution in [3.63, 3.8) is 0 Å². The predicted molar refractivity (Wildman–Crippen MR) is 75.9 cm³/mol. The van der Waals surface area contributed by atoms with E-state index in [1.165, 1.54) is 0 Å². The van der Waals surface area contributed by atoms with Crippen molar-refractivity contribution < 1.29 is 24.0 Å². The molecule has 0 aromatic heterocycles. The number of imide groups is 1. The number of carbonyl (C=O) groups excluding carboxylic acids is 3. The average Bonchev–Trinajstić information content (AvgIpc) is 3.03. The zero-order valence-corrected chi connectivity index (χ0v) is 12.3. The summed E-state index contributed by atoms with van der Waals surface area (Å²) in [5, 5.41) is 0.482. The van der Waals surface area contributed by atoms with Gasteiger partial charge in [-0.05, 0) is 37.5 Å². The van der Waals surface area contributed by atoms with Gasteiger partial charge in [-0.1, -0.05) is 23.8 Å². The van der Waals surface area contributed by atoms with E-state index in [-0.39, 0.29) is 18.8 Å². The van der Waals surface area contributed by atoms with Crippen LogP contribution < -0.4 is 0 Å². The third-order valence-corrected chi connectivity index (χ3v) is 4.59. The molecule has 1 heterocycles. The normalized spacial score (nSPS) is 30.4. The molecule has 0 bridgehead atoms. The molecule has 22 heavy (non-hydrogen) atoms. The third kappa shape index (κ3) is 2.91. The van der Waals surface area contributed by atoms with Crippen molar-refractivity contribution in [2.24, 2.45) is 17.8 Å². The van der Waals surface area contributed by atoms with Gasteiger partial charge in [0.05, 0.1) is 0 Å². The van der Waals surface area contributed by atoms with Crippen LogP contribution in [0.3, 0.4) is 0 Å². The number of carbonyl (C=O) groups is 3. The highest BCUT2D eigenvalue weighted by Crippen LogP contribution is 2.56. The summed E-state index contributed by atoms with van der Waals surface area (Å²) in [5.41, 5.74) is 0. The van der Waals surface area contributed by atoms with Crippen LogP contribution in [0.2, 0.25) is 0 Å². The lowest BCUT2D eigenvalue weighted by molar-refractivity contribution is -0.176. The number of hydrogen-bond donors (Lipinski definition) is 0. The summed E-state index contributed by atoms with van der Waals surface area (Å²) in [6.45, 7) is 3.82. The standard InChI is InChI=1S/C16H19NO5/c1-10(15-11-6-4-2-3-5-7-12(11)15)21-16(20)22-17-13(18)8-9-14(17)19/h2-3,11-12,15H,1,4-9H2/t11-,12+,15?. The quantitative estimate of drug-likeness (QED) is 0.347. The van der Waals surface area contributed by atoms with Gasteiger partial charge in [-0.25, -0.2) is 4.79 Å². The van der Waals surface area contributed by atoms with E-state index in [9.17, 15) is 14.4 Å². The summed E-state index contributed by atoms with van der Waals surface area (Å²) in [7, 11) is 0. The Morgan fingerprint density at radius 1 is 1.09 bits per heavy atom. The number of hydroxylamine groups is 2. The Hall–Kier alpha value is -2.11. The lowest BCUT2D eigenvalue weighted by Crippen LogP contribution is -2.32. The molecule has 3 aliphatic rings. The largest absolute Gasteiger partial charge is 0.539 e. The first-order chi connectivity index (χ1) is 10.6. The van der Waals surface area contributed by atoms with E-state index in [1.807, 2.05) is 0 Å². The lowest BCUT2D eigenvalue weighted by Gasteiger charge is -2.13. The molecule has 3 rings (SSSR count). The van der Waals surface area contributed by atoms with Crippen LogP contribution in [0.4, 0.5) is 4.79 Å². The van der Waals surface area contributed by atoms with E-state index in [4.69, 9.17) is 4.74 Å².